The highest BCUT2D eigenvalue weighted by atomic mass is 35.5. The van der Waals surface area contributed by atoms with Crippen molar-refractivity contribution in [2.45, 2.75) is 4.90 Å². The fraction of sp³-hybridized carbons (Fsp3) is 0. The molecule has 0 saturated heterocycles. The minimum absolute atomic E-state index is 0.0221. The third-order valence-corrected chi connectivity index (χ3v) is 3.98. The van der Waals surface area contributed by atoms with Crippen molar-refractivity contribution in [2.75, 3.05) is 4.72 Å². The largest absolute Gasteiger partial charge is 0.277 e. The highest BCUT2D eigenvalue weighted by Crippen LogP contribution is 2.23. The Balaban J connectivity index is 2.40. The van der Waals surface area contributed by atoms with E-state index < -0.39 is 15.8 Å². The van der Waals surface area contributed by atoms with Crippen LogP contribution in [-0.2, 0) is 10.0 Å². The molecule has 2 aromatic rings. The normalized spacial score (nSPS) is 11.2. The SMILES string of the molecule is O=S(=O)(Nc1ccccc1F)c1cnccc1Cl. The van der Waals surface area contributed by atoms with Crippen LogP contribution >= 0.6 is 11.6 Å². The van der Waals surface area contributed by atoms with Gasteiger partial charge in [-0.3, -0.25) is 9.71 Å². The van der Waals surface area contributed by atoms with Gasteiger partial charge in [0, 0.05) is 12.4 Å². The van der Waals surface area contributed by atoms with Gasteiger partial charge in [0.2, 0.25) is 0 Å². The van der Waals surface area contributed by atoms with E-state index in [9.17, 15) is 12.8 Å². The molecule has 0 unspecified atom stereocenters. The van der Waals surface area contributed by atoms with Gasteiger partial charge >= 0.3 is 0 Å². The zero-order valence-electron chi connectivity index (χ0n) is 8.97. The topological polar surface area (TPSA) is 59.1 Å². The Hall–Kier alpha value is -1.66. The molecule has 0 aliphatic carbocycles. The van der Waals surface area contributed by atoms with Crippen molar-refractivity contribution in [1.29, 1.82) is 0 Å². The summed E-state index contributed by atoms with van der Waals surface area (Å²) in [4.78, 5) is 3.48. The van der Waals surface area contributed by atoms with Crippen molar-refractivity contribution < 1.29 is 12.8 Å². The molecule has 1 heterocycles. The highest BCUT2D eigenvalue weighted by Gasteiger charge is 2.19. The van der Waals surface area contributed by atoms with Gasteiger partial charge in [0.15, 0.2) is 0 Å². The molecule has 0 fully saturated rings. The standard InChI is InChI=1S/C11H8ClFN2O2S/c12-8-5-6-14-7-11(8)18(16,17)15-10-4-2-1-3-9(10)13/h1-7,15H. The molecule has 0 radical (unpaired) electrons. The van der Waals surface area contributed by atoms with E-state index in [1.54, 1.807) is 0 Å². The molecule has 1 N–H and O–H groups in total. The summed E-state index contributed by atoms with van der Waals surface area (Å²) in [6.45, 7) is 0. The number of hydrogen-bond acceptors (Lipinski definition) is 3. The van der Waals surface area contributed by atoms with Gasteiger partial charge in [0.1, 0.15) is 10.7 Å². The molecule has 0 aliphatic heterocycles. The fourth-order valence-electron chi connectivity index (χ4n) is 1.30. The van der Waals surface area contributed by atoms with Crippen LogP contribution in [0.5, 0.6) is 0 Å². The third kappa shape index (κ3) is 2.60. The maximum atomic E-state index is 13.4. The molecule has 0 atom stereocenters. The van der Waals surface area contributed by atoms with Gasteiger partial charge in [-0.15, -0.1) is 0 Å². The summed E-state index contributed by atoms with van der Waals surface area (Å²) >= 11 is 5.76. The predicted octanol–water partition coefficient (Wildman–Crippen LogP) is 2.67. The van der Waals surface area contributed by atoms with Gasteiger partial charge in [0.05, 0.1) is 10.7 Å². The second kappa shape index (κ2) is 4.91. The number of anilines is 1. The quantitative estimate of drug-likeness (QED) is 0.944. The molecule has 94 valence electrons. The lowest BCUT2D eigenvalue weighted by atomic mass is 10.3. The van der Waals surface area contributed by atoms with Crippen LogP contribution in [0, 0.1) is 5.82 Å². The van der Waals surface area contributed by atoms with E-state index in [0.717, 1.165) is 12.3 Å². The zero-order chi connectivity index (χ0) is 13.2. The molecular formula is C11H8ClFN2O2S. The zero-order valence-corrected chi connectivity index (χ0v) is 10.5. The Kier molecular flexibility index (Phi) is 3.49. The molecule has 0 amide bonds. The number of sulfonamides is 1. The van der Waals surface area contributed by atoms with Gasteiger partial charge in [-0.2, -0.15) is 0 Å². The number of rotatable bonds is 3. The van der Waals surface area contributed by atoms with E-state index in [4.69, 9.17) is 11.6 Å². The number of pyridine rings is 1. The fourth-order valence-corrected chi connectivity index (χ4v) is 2.80. The molecule has 4 nitrogen and oxygen atoms in total. The second-order valence-electron chi connectivity index (χ2n) is 3.39. The Morgan fingerprint density at radius 2 is 1.94 bits per heavy atom. The number of nitrogens with zero attached hydrogens (tertiary/aromatic N) is 1. The smallest absolute Gasteiger partial charge is 0.265 e. The van der Waals surface area contributed by atoms with Crippen LogP contribution in [0.3, 0.4) is 0 Å². The molecule has 0 aliphatic rings. The maximum Gasteiger partial charge on any atom is 0.265 e. The minimum Gasteiger partial charge on any atom is -0.277 e. The van der Waals surface area contributed by atoms with Crippen LogP contribution in [0.2, 0.25) is 5.02 Å². The molecule has 7 heteroatoms. The van der Waals surface area contributed by atoms with Crippen LogP contribution < -0.4 is 4.72 Å². The summed E-state index contributed by atoms with van der Waals surface area (Å²) in [5.41, 5.74) is -0.141. The highest BCUT2D eigenvalue weighted by molar-refractivity contribution is 7.92. The second-order valence-corrected chi connectivity index (χ2v) is 5.45. The van der Waals surface area contributed by atoms with E-state index in [1.807, 2.05) is 0 Å². The predicted molar refractivity (Wildman–Crippen MR) is 66.5 cm³/mol. The molecule has 0 saturated carbocycles. The molecular weight excluding hydrogens is 279 g/mol. The third-order valence-electron chi connectivity index (χ3n) is 2.14. The number of para-hydroxylation sites is 1. The minimum atomic E-state index is -3.95. The maximum absolute atomic E-state index is 13.4. The van der Waals surface area contributed by atoms with Gasteiger partial charge in [-0.1, -0.05) is 23.7 Å². The lowest BCUT2D eigenvalue weighted by Gasteiger charge is -2.09. The van der Waals surface area contributed by atoms with Crippen LogP contribution in [0.25, 0.3) is 0 Å². The van der Waals surface area contributed by atoms with Crippen LogP contribution in [0.15, 0.2) is 47.6 Å². The van der Waals surface area contributed by atoms with Gasteiger partial charge in [0.25, 0.3) is 10.0 Å². The molecule has 2 rings (SSSR count). The first-order valence-corrected chi connectivity index (χ1v) is 6.74. The average molecular weight is 287 g/mol. The van der Waals surface area contributed by atoms with Crippen LogP contribution in [0.1, 0.15) is 0 Å². The van der Waals surface area contributed by atoms with Crippen molar-refractivity contribution in [3.05, 3.63) is 53.6 Å². The first-order valence-electron chi connectivity index (χ1n) is 4.87. The average Bonchev–Trinajstić information content (AvgIpc) is 2.32. The Labute approximate surface area is 108 Å². The summed E-state index contributed by atoms with van der Waals surface area (Å²) in [5, 5.41) is 0.0221. The summed E-state index contributed by atoms with van der Waals surface area (Å²) in [6.07, 6.45) is 2.47. The van der Waals surface area contributed by atoms with E-state index in [-0.39, 0.29) is 15.6 Å². The van der Waals surface area contributed by atoms with E-state index in [2.05, 4.69) is 9.71 Å². The van der Waals surface area contributed by atoms with E-state index in [1.165, 1.54) is 30.5 Å². The Morgan fingerprint density at radius 1 is 1.22 bits per heavy atom. The number of nitrogens with one attached hydrogen (secondary N) is 1. The number of benzene rings is 1. The van der Waals surface area contributed by atoms with Gasteiger partial charge < -0.3 is 0 Å². The first-order chi connectivity index (χ1) is 8.50. The number of halogens is 2. The van der Waals surface area contributed by atoms with Crippen molar-refractivity contribution in [2.24, 2.45) is 0 Å². The van der Waals surface area contributed by atoms with Crippen molar-refractivity contribution in [1.82, 2.24) is 4.98 Å². The molecule has 1 aromatic carbocycles. The van der Waals surface area contributed by atoms with Crippen molar-refractivity contribution >= 4 is 27.3 Å². The number of hydrogen-bond donors (Lipinski definition) is 1. The van der Waals surface area contributed by atoms with E-state index in [0.29, 0.717) is 0 Å². The lowest BCUT2D eigenvalue weighted by molar-refractivity contribution is 0.598. The Morgan fingerprint density at radius 3 is 2.61 bits per heavy atom. The van der Waals surface area contributed by atoms with E-state index >= 15 is 0 Å². The van der Waals surface area contributed by atoms with Gasteiger partial charge in [-0.05, 0) is 18.2 Å². The first kappa shape index (κ1) is 12.8. The van der Waals surface area contributed by atoms with Crippen LogP contribution in [0.4, 0.5) is 10.1 Å². The summed E-state index contributed by atoms with van der Waals surface area (Å²) in [7, 11) is -3.95. The molecule has 18 heavy (non-hydrogen) atoms. The van der Waals surface area contributed by atoms with Crippen molar-refractivity contribution in [3.8, 4) is 0 Å². The summed E-state index contributed by atoms with van der Waals surface area (Å²) < 4.78 is 39.4. The Bertz CT molecular complexity index is 676. The summed E-state index contributed by atoms with van der Waals surface area (Å²) in [6, 6.07) is 6.80. The number of aromatic nitrogens is 1. The van der Waals surface area contributed by atoms with Crippen LogP contribution in [-0.4, -0.2) is 13.4 Å². The molecule has 0 bridgehead atoms. The summed E-state index contributed by atoms with van der Waals surface area (Å²) in [5.74, 6) is -0.666. The van der Waals surface area contributed by atoms with Gasteiger partial charge in [-0.25, -0.2) is 12.8 Å². The monoisotopic (exact) mass is 286 g/mol. The molecule has 0 spiro atoms. The lowest BCUT2D eigenvalue weighted by Crippen LogP contribution is -2.14. The van der Waals surface area contributed by atoms with Crippen molar-refractivity contribution in [3.63, 3.8) is 0 Å². The molecule has 1 aromatic heterocycles.